The van der Waals surface area contributed by atoms with Crippen molar-refractivity contribution in [3.05, 3.63) is 35.2 Å². The van der Waals surface area contributed by atoms with E-state index in [-0.39, 0.29) is 12.0 Å². The SMILES string of the molecule is CC(C)c1ccc2c(C(F)(F)F)cc(C(F)(F)F)nc2n1. The number of rotatable bonds is 1. The van der Waals surface area contributed by atoms with Gasteiger partial charge in [-0.05, 0) is 24.1 Å². The number of pyridine rings is 2. The van der Waals surface area contributed by atoms with Gasteiger partial charge in [-0.25, -0.2) is 9.97 Å². The first-order valence-corrected chi connectivity index (χ1v) is 5.96. The van der Waals surface area contributed by atoms with Crippen LogP contribution in [0.4, 0.5) is 26.3 Å². The Morgan fingerprint density at radius 2 is 1.52 bits per heavy atom. The van der Waals surface area contributed by atoms with Crippen LogP contribution < -0.4 is 0 Å². The maximum Gasteiger partial charge on any atom is 0.433 e. The molecule has 0 saturated carbocycles. The molecule has 0 aliphatic heterocycles. The second-order valence-corrected chi connectivity index (χ2v) is 4.81. The number of aromatic nitrogens is 2. The van der Waals surface area contributed by atoms with Crippen LogP contribution in [0.3, 0.4) is 0 Å². The lowest BCUT2D eigenvalue weighted by Crippen LogP contribution is -2.14. The molecular weight excluding hydrogens is 298 g/mol. The van der Waals surface area contributed by atoms with Crippen molar-refractivity contribution in [2.75, 3.05) is 0 Å². The number of hydrogen-bond acceptors (Lipinski definition) is 2. The molecular formula is C13H10F6N2. The van der Waals surface area contributed by atoms with Gasteiger partial charge in [-0.2, -0.15) is 26.3 Å². The maximum atomic E-state index is 12.9. The van der Waals surface area contributed by atoms with Gasteiger partial charge < -0.3 is 0 Å². The third kappa shape index (κ3) is 3.08. The summed E-state index contributed by atoms with van der Waals surface area (Å²) in [5.74, 6) is -0.139. The summed E-state index contributed by atoms with van der Waals surface area (Å²) in [5, 5.41) is -0.445. The Morgan fingerprint density at radius 3 is 2.00 bits per heavy atom. The minimum absolute atomic E-state index is 0.0130. The van der Waals surface area contributed by atoms with Crippen LogP contribution in [0.1, 0.15) is 36.7 Å². The van der Waals surface area contributed by atoms with Crippen molar-refractivity contribution in [3.8, 4) is 0 Å². The molecule has 0 atom stereocenters. The van der Waals surface area contributed by atoms with Gasteiger partial charge in [-0.3, -0.25) is 0 Å². The largest absolute Gasteiger partial charge is 0.433 e. The Balaban J connectivity index is 2.81. The van der Waals surface area contributed by atoms with Crippen LogP contribution in [0.15, 0.2) is 18.2 Å². The quantitative estimate of drug-likeness (QED) is 0.708. The van der Waals surface area contributed by atoms with E-state index in [1.807, 2.05) is 0 Å². The topological polar surface area (TPSA) is 25.8 Å². The number of fused-ring (bicyclic) bond motifs is 1. The molecule has 2 nitrogen and oxygen atoms in total. The van der Waals surface area contributed by atoms with Crippen molar-refractivity contribution in [3.63, 3.8) is 0 Å². The lowest BCUT2D eigenvalue weighted by atomic mass is 10.1. The fourth-order valence-corrected chi connectivity index (χ4v) is 1.82. The molecule has 21 heavy (non-hydrogen) atoms. The number of alkyl halides is 6. The van der Waals surface area contributed by atoms with Crippen molar-refractivity contribution in [1.29, 1.82) is 0 Å². The van der Waals surface area contributed by atoms with Gasteiger partial charge in [0.05, 0.1) is 5.56 Å². The van der Waals surface area contributed by atoms with Gasteiger partial charge in [0.25, 0.3) is 0 Å². The highest BCUT2D eigenvalue weighted by molar-refractivity contribution is 5.80. The molecule has 0 unspecified atom stereocenters. The number of nitrogens with zero attached hydrogens (tertiary/aromatic N) is 2. The fourth-order valence-electron chi connectivity index (χ4n) is 1.82. The van der Waals surface area contributed by atoms with E-state index < -0.39 is 34.6 Å². The molecule has 0 bridgehead atoms. The highest BCUT2D eigenvalue weighted by Crippen LogP contribution is 2.38. The van der Waals surface area contributed by atoms with Crippen molar-refractivity contribution in [1.82, 2.24) is 9.97 Å². The molecule has 0 saturated heterocycles. The highest BCUT2D eigenvalue weighted by Gasteiger charge is 2.39. The average Bonchev–Trinajstić information content (AvgIpc) is 2.34. The lowest BCUT2D eigenvalue weighted by Gasteiger charge is -2.14. The fraction of sp³-hybridized carbons (Fsp3) is 0.385. The summed E-state index contributed by atoms with van der Waals surface area (Å²) >= 11 is 0. The van der Waals surface area contributed by atoms with E-state index in [0.717, 1.165) is 6.07 Å². The van der Waals surface area contributed by atoms with Crippen LogP contribution in [0.2, 0.25) is 0 Å². The van der Waals surface area contributed by atoms with Crippen LogP contribution >= 0.6 is 0 Å². The molecule has 2 rings (SSSR count). The van der Waals surface area contributed by atoms with Gasteiger partial charge in [0.1, 0.15) is 5.69 Å². The van der Waals surface area contributed by atoms with E-state index in [1.54, 1.807) is 13.8 Å². The molecule has 2 aromatic heterocycles. The summed E-state index contributed by atoms with van der Waals surface area (Å²) in [6.45, 7) is 3.46. The molecule has 2 aromatic rings. The molecule has 8 heteroatoms. The Labute approximate surface area is 115 Å². The summed E-state index contributed by atoms with van der Waals surface area (Å²) in [5.41, 5.74) is -3.16. The molecule has 0 aliphatic rings. The first kappa shape index (κ1) is 15.5. The first-order chi connectivity index (χ1) is 9.50. The van der Waals surface area contributed by atoms with Crippen molar-refractivity contribution in [2.24, 2.45) is 0 Å². The van der Waals surface area contributed by atoms with Crippen molar-refractivity contribution in [2.45, 2.75) is 32.1 Å². The zero-order valence-corrected chi connectivity index (χ0v) is 11.0. The standard InChI is InChI=1S/C13H10F6N2/c1-6(2)9-4-3-7-8(12(14,15)16)5-10(13(17,18)19)21-11(7)20-9/h3-6H,1-2H3. The number of hydrogen-bond donors (Lipinski definition) is 0. The summed E-state index contributed by atoms with van der Waals surface area (Å²) in [4.78, 5) is 7.04. The van der Waals surface area contributed by atoms with Crippen LogP contribution in [0, 0.1) is 0 Å². The van der Waals surface area contributed by atoms with E-state index in [2.05, 4.69) is 9.97 Å². The van der Waals surface area contributed by atoms with E-state index in [4.69, 9.17) is 0 Å². The molecule has 114 valence electrons. The Morgan fingerprint density at radius 1 is 0.905 bits per heavy atom. The predicted octanol–water partition coefficient (Wildman–Crippen LogP) is 4.79. The van der Waals surface area contributed by atoms with Gasteiger partial charge in [0.15, 0.2) is 5.65 Å². The third-order valence-corrected chi connectivity index (χ3v) is 2.88. The first-order valence-electron chi connectivity index (χ1n) is 5.96. The van der Waals surface area contributed by atoms with Crippen LogP contribution in [0.5, 0.6) is 0 Å². The lowest BCUT2D eigenvalue weighted by molar-refractivity contribution is -0.144. The highest BCUT2D eigenvalue weighted by atomic mass is 19.4. The molecule has 0 radical (unpaired) electrons. The van der Waals surface area contributed by atoms with Crippen molar-refractivity contribution >= 4 is 11.0 Å². The second kappa shape index (κ2) is 4.85. The molecule has 0 aliphatic carbocycles. The zero-order chi connectivity index (χ0) is 16.0. The molecule has 0 aromatic carbocycles. The van der Waals surface area contributed by atoms with E-state index >= 15 is 0 Å². The van der Waals surface area contributed by atoms with E-state index in [0.29, 0.717) is 5.69 Å². The van der Waals surface area contributed by atoms with Gasteiger partial charge in [-0.15, -0.1) is 0 Å². The molecule has 0 amide bonds. The van der Waals surface area contributed by atoms with E-state index in [9.17, 15) is 26.3 Å². The molecule has 2 heterocycles. The Kier molecular flexibility index (Phi) is 3.59. The monoisotopic (exact) mass is 308 g/mol. The Hall–Kier alpha value is -1.86. The predicted molar refractivity (Wildman–Crippen MR) is 63.6 cm³/mol. The van der Waals surface area contributed by atoms with Gasteiger partial charge in [0.2, 0.25) is 0 Å². The molecule has 0 N–H and O–H groups in total. The van der Waals surface area contributed by atoms with E-state index in [1.165, 1.54) is 6.07 Å². The van der Waals surface area contributed by atoms with Crippen LogP contribution in [-0.2, 0) is 12.4 Å². The summed E-state index contributed by atoms with van der Waals surface area (Å²) in [7, 11) is 0. The summed E-state index contributed by atoms with van der Waals surface area (Å²) < 4.78 is 76.8. The number of halogens is 6. The zero-order valence-electron chi connectivity index (χ0n) is 11.0. The van der Waals surface area contributed by atoms with Crippen LogP contribution in [-0.4, -0.2) is 9.97 Å². The van der Waals surface area contributed by atoms with Crippen molar-refractivity contribution < 1.29 is 26.3 Å². The minimum Gasteiger partial charge on any atom is -0.233 e. The van der Waals surface area contributed by atoms with Crippen LogP contribution in [0.25, 0.3) is 11.0 Å². The van der Waals surface area contributed by atoms with Gasteiger partial charge in [0, 0.05) is 11.1 Å². The second-order valence-electron chi connectivity index (χ2n) is 4.81. The minimum atomic E-state index is -4.97. The Bertz CT molecular complexity index is 673. The third-order valence-electron chi connectivity index (χ3n) is 2.88. The summed E-state index contributed by atoms with van der Waals surface area (Å²) in [6.07, 6.45) is -9.88. The van der Waals surface area contributed by atoms with Gasteiger partial charge >= 0.3 is 12.4 Å². The smallest absolute Gasteiger partial charge is 0.233 e. The average molecular weight is 308 g/mol. The van der Waals surface area contributed by atoms with Gasteiger partial charge in [-0.1, -0.05) is 13.8 Å². The summed E-state index contributed by atoms with van der Waals surface area (Å²) in [6, 6.07) is 2.48. The maximum absolute atomic E-state index is 12.9. The molecule has 0 fully saturated rings. The normalized spacial score (nSPS) is 13.2. The molecule has 0 spiro atoms.